The zero-order valence-electron chi connectivity index (χ0n) is 8.01. The predicted octanol–water partition coefficient (Wildman–Crippen LogP) is -3.54. The first-order valence-corrected chi connectivity index (χ1v) is 6.29. The van der Waals surface area contributed by atoms with Crippen molar-refractivity contribution in [1.29, 1.82) is 0 Å². The number of hydrogen-bond donors (Lipinski definition) is 6. The first-order valence-electron chi connectivity index (χ1n) is 2.10. The molecule has 18 heteroatoms. The van der Waals surface area contributed by atoms with Crippen LogP contribution in [0.1, 0.15) is 0 Å². The quantitative estimate of drug-likeness (QED) is 0.154. The van der Waals surface area contributed by atoms with Crippen molar-refractivity contribution in [2.45, 2.75) is 0 Å². The molecule has 0 aromatic rings. The fourth-order valence-electron chi connectivity index (χ4n) is 0. The van der Waals surface area contributed by atoms with Crippen molar-refractivity contribution in [3.8, 4) is 0 Å². The molecule has 0 atom stereocenters. The average Bonchev–Trinajstić information content (AvgIpc) is 1.41. The molecular weight excluding hydrogens is 444 g/mol. The van der Waals surface area contributed by atoms with Crippen LogP contribution in [0.25, 0.3) is 0 Å². The van der Waals surface area contributed by atoms with E-state index in [1.54, 1.807) is 0 Å². The van der Waals surface area contributed by atoms with Crippen LogP contribution in [-0.4, -0.2) is 97.6 Å². The molecule has 0 amide bonds. The Morgan fingerprint density at radius 2 is 0.444 bits per heavy atom. The second kappa shape index (κ2) is 14.3. The molecule has 0 bridgehead atoms. The summed E-state index contributed by atoms with van der Waals surface area (Å²) in [5.41, 5.74) is 0. The van der Waals surface area contributed by atoms with Crippen LogP contribution in [0.5, 0.6) is 0 Å². The van der Waals surface area contributed by atoms with E-state index < -0.39 is 31.2 Å². The zero-order chi connectivity index (χ0) is 13.5. The maximum atomic E-state index is 8.74. The molecule has 0 saturated carbocycles. The maximum Gasteiger partial charge on any atom is 0.394 e. The van der Waals surface area contributed by atoms with Crippen molar-refractivity contribution < 1.29 is 58.0 Å². The second-order valence-electron chi connectivity index (χ2n) is 1.34. The molecule has 0 aliphatic heterocycles. The fourth-order valence-corrected chi connectivity index (χ4v) is 0. The molecule has 6 radical (unpaired) electrons. The van der Waals surface area contributed by atoms with Gasteiger partial charge in [-0.15, -0.1) is 0 Å². The molecule has 0 aliphatic carbocycles. The first-order chi connectivity index (χ1) is 6.00. The molecular formula is H8Ga2O13S3. The van der Waals surface area contributed by atoms with Gasteiger partial charge in [0, 0.05) is 39.6 Å². The Morgan fingerprint density at radius 3 is 0.444 bits per heavy atom. The fraction of sp³-hybridized carbons (Fsp3) is 0. The van der Waals surface area contributed by atoms with Crippen molar-refractivity contribution in [2.24, 2.45) is 0 Å². The number of rotatable bonds is 0. The van der Waals surface area contributed by atoms with Crippen molar-refractivity contribution >= 4 is 70.8 Å². The van der Waals surface area contributed by atoms with E-state index in [4.69, 9.17) is 52.6 Å². The Labute approximate surface area is 128 Å². The van der Waals surface area contributed by atoms with Crippen molar-refractivity contribution in [3.63, 3.8) is 0 Å². The van der Waals surface area contributed by atoms with Gasteiger partial charge in [-0.3, -0.25) is 27.3 Å². The van der Waals surface area contributed by atoms with Crippen LogP contribution < -0.4 is 0 Å². The molecule has 0 fully saturated rings. The Bertz CT molecular complexity index is 341. The van der Waals surface area contributed by atoms with E-state index in [-0.39, 0.29) is 45.1 Å². The van der Waals surface area contributed by atoms with E-state index in [1.807, 2.05) is 0 Å². The van der Waals surface area contributed by atoms with Crippen molar-refractivity contribution in [2.75, 3.05) is 0 Å². The molecule has 8 N–H and O–H groups in total. The second-order valence-corrected chi connectivity index (χ2v) is 4.03. The van der Waals surface area contributed by atoms with Gasteiger partial charge >= 0.3 is 31.2 Å². The third-order valence-electron chi connectivity index (χ3n) is 0. The summed E-state index contributed by atoms with van der Waals surface area (Å²) in [7, 11) is -14.0. The molecule has 18 heavy (non-hydrogen) atoms. The Hall–Kier alpha value is 0.843. The Kier molecular flexibility index (Phi) is 28.8. The van der Waals surface area contributed by atoms with Crippen LogP contribution in [0.4, 0.5) is 0 Å². The van der Waals surface area contributed by atoms with Gasteiger partial charge in [-0.25, -0.2) is 0 Å². The molecule has 0 heterocycles. The summed E-state index contributed by atoms with van der Waals surface area (Å²) >= 11 is 0. The minimum Gasteiger partial charge on any atom is -0.412 e. The van der Waals surface area contributed by atoms with Crippen LogP contribution in [0, 0.1) is 0 Å². The topological polar surface area (TPSA) is 255 Å². The van der Waals surface area contributed by atoms with E-state index in [0.29, 0.717) is 0 Å². The molecule has 0 spiro atoms. The molecule has 0 saturated heterocycles. The van der Waals surface area contributed by atoms with Gasteiger partial charge in [-0.1, -0.05) is 0 Å². The molecule has 0 aliphatic rings. The number of hydrogen-bond acceptors (Lipinski definition) is 6. The van der Waals surface area contributed by atoms with E-state index in [1.165, 1.54) is 0 Å². The summed E-state index contributed by atoms with van der Waals surface area (Å²) in [4.78, 5) is 0. The smallest absolute Gasteiger partial charge is 0.394 e. The van der Waals surface area contributed by atoms with Gasteiger partial charge in [0.1, 0.15) is 0 Å². The molecule has 0 aromatic heterocycles. The molecule has 13 nitrogen and oxygen atoms in total. The summed E-state index contributed by atoms with van der Waals surface area (Å²) in [6.45, 7) is 0. The van der Waals surface area contributed by atoms with Crippen LogP contribution in [0.2, 0.25) is 0 Å². The monoisotopic (exact) mass is 450 g/mol. The normalized spacial score (nSPS) is 9.67. The van der Waals surface area contributed by atoms with Gasteiger partial charge in [-0.2, -0.15) is 25.3 Å². The summed E-state index contributed by atoms with van der Waals surface area (Å²) in [6.07, 6.45) is 0. The van der Waals surface area contributed by atoms with Gasteiger partial charge in [0.25, 0.3) is 0 Å². The first kappa shape index (κ1) is 36.4. The Balaban J connectivity index is -0.0000000277. The SMILES string of the molecule is O.O=S(=O)(O)O.O=S(=O)(O)O.O=S(=O)(O)O.[Ga].[Ga]. The third-order valence-corrected chi connectivity index (χ3v) is 0. The third kappa shape index (κ3) is 5950. The summed E-state index contributed by atoms with van der Waals surface area (Å²) in [6, 6.07) is 0. The summed E-state index contributed by atoms with van der Waals surface area (Å²) < 4.78 is 94.8. The molecule has 0 unspecified atom stereocenters. The zero-order valence-corrected chi connectivity index (χ0v) is 15.3. The maximum absolute atomic E-state index is 8.74. The van der Waals surface area contributed by atoms with Crippen LogP contribution in [0.3, 0.4) is 0 Å². The summed E-state index contributed by atoms with van der Waals surface area (Å²) in [5.74, 6) is 0. The largest absolute Gasteiger partial charge is 0.412 e. The van der Waals surface area contributed by atoms with E-state index in [0.717, 1.165) is 0 Å². The van der Waals surface area contributed by atoms with Gasteiger partial charge in [0.15, 0.2) is 0 Å². The van der Waals surface area contributed by atoms with Crippen molar-refractivity contribution in [3.05, 3.63) is 0 Å². The van der Waals surface area contributed by atoms with Gasteiger partial charge in [-0.05, 0) is 0 Å². The minimum absolute atomic E-state index is 0. The molecule has 0 aromatic carbocycles. The average molecular weight is 452 g/mol. The van der Waals surface area contributed by atoms with E-state index in [2.05, 4.69) is 0 Å². The van der Waals surface area contributed by atoms with Gasteiger partial charge in [0.05, 0.1) is 0 Å². The summed E-state index contributed by atoms with van der Waals surface area (Å²) in [5, 5.41) is 0. The minimum atomic E-state index is -4.67. The van der Waals surface area contributed by atoms with E-state index in [9.17, 15) is 0 Å². The van der Waals surface area contributed by atoms with E-state index >= 15 is 0 Å². The van der Waals surface area contributed by atoms with Gasteiger partial charge in [0.2, 0.25) is 0 Å². The van der Waals surface area contributed by atoms with Crippen molar-refractivity contribution in [1.82, 2.24) is 0 Å². The van der Waals surface area contributed by atoms with Gasteiger partial charge < -0.3 is 5.48 Å². The predicted molar refractivity (Wildman–Crippen MR) is 57.7 cm³/mol. The van der Waals surface area contributed by atoms with Crippen LogP contribution >= 0.6 is 0 Å². The van der Waals surface area contributed by atoms with Crippen LogP contribution in [0.15, 0.2) is 0 Å². The van der Waals surface area contributed by atoms with Crippen LogP contribution in [-0.2, 0) is 31.2 Å². The Morgan fingerprint density at radius 1 is 0.444 bits per heavy atom. The molecule has 110 valence electrons. The molecule has 0 rings (SSSR count). The standard InChI is InChI=1S/2Ga.3H2O4S.H2O/c;;3*1-5(2,3)4;/h;;3*(H2,1,2,3,4);1H2.